The van der Waals surface area contributed by atoms with Gasteiger partial charge >= 0.3 is 10.4 Å². The number of rotatable bonds is 9. The summed E-state index contributed by atoms with van der Waals surface area (Å²) in [6.45, 7) is -0.967. The van der Waals surface area contributed by atoms with Crippen LogP contribution < -0.4 is 34.4 Å². The Morgan fingerprint density at radius 3 is 1.40 bits per heavy atom. The minimum Gasteiger partial charge on any atom is -0.394 e. The number of aliphatic hydroxyl groups excluding tert-OH is 7. The van der Waals surface area contributed by atoms with Gasteiger partial charge in [0.15, 0.2) is 18.9 Å². The first-order chi connectivity index (χ1) is 21.8. The molecule has 0 unspecified atom stereocenters. The molecule has 0 amide bonds. The van der Waals surface area contributed by atoms with Crippen LogP contribution in [-0.4, -0.2) is 189 Å². The van der Waals surface area contributed by atoms with Crippen molar-refractivity contribution in [2.75, 3.05) is 19.7 Å². The second kappa shape index (κ2) is 16.9. The summed E-state index contributed by atoms with van der Waals surface area (Å²) in [7, 11) is -4.67. The van der Waals surface area contributed by atoms with Crippen LogP contribution in [0.3, 0.4) is 0 Å². The molecule has 0 aromatic rings. The van der Waals surface area contributed by atoms with Crippen molar-refractivity contribution in [1.29, 1.82) is 0 Å². The van der Waals surface area contributed by atoms with Crippen LogP contribution in [0, 0.1) is 0 Å². The quantitative estimate of drug-likeness (QED) is 0.0986. The summed E-state index contributed by atoms with van der Waals surface area (Å²) in [5.41, 5.74) is 35.6. The van der Waals surface area contributed by atoms with E-state index >= 15 is 0 Å². The normalized spacial score (nSPS) is 49.3. The van der Waals surface area contributed by atoms with Crippen LogP contribution in [0.15, 0.2) is 0 Å². The van der Waals surface area contributed by atoms with Gasteiger partial charge in [-0.1, -0.05) is 0 Å². The van der Waals surface area contributed by atoms with E-state index in [-0.39, 0.29) is 19.5 Å². The Balaban J connectivity index is 0.00000111. The fraction of sp³-hybridized carbons (Fsp3) is 1.00. The third-order valence-corrected chi connectivity index (χ3v) is 8.37. The lowest BCUT2D eigenvalue weighted by Crippen LogP contribution is -2.68. The van der Waals surface area contributed by atoms with Gasteiger partial charge in [-0.15, -0.1) is 0 Å². The molecule has 0 aromatic heterocycles. The van der Waals surface area contributed by atoms with Crippen molar-refractivity contribution in [3.63, 3.8) is 0 Å². The summed E-state index contributed by atoms with van der Waals surface area (Å²) in [5.74, 6) is 0. The highest BCUT2D eigenvalue weighted by Gasteiger charge is 2.54. The van der Waals surface area contributed by atoms with Crippen molar-refractivity contribution < 1.29 is 81.7 Å². The maximum atomic E-state index is 11.1. The number of hydrogen-bond acceptors (Lipinski definition) is 21. The van der Waals surface area contributed by atoms with Gasteiger partial charge in [-0.25, -0.2) is 0 Å². The van der Waals surface area contributed by atoms with Gasteiger partial charge in [0.1, 0.15) is 67.1 Å². The third kappa shape index (κ3) is 9.67. The molecule has 23 nitrogen and oxygen atoms in total. The molecule has 1 aliphatic carbocycles. The van der Waals surface area contributed by atoms with E-state index in [9.17, 15) is 35.7 Å². The molecule has 0 bridgehead atoms. The van der Waals surface area contributed by atoms with Gasteiger partial charge in [0, 0.05) is 25.2 Å². The molecular weight excluding hydrogens is 664 g/mol. The molecule has 3 heterocycles. The fourth-order valence-corrected chi connectivity index (χ4v) is 5.74. The molecule has 4 aliphatic rings. The molecule has 19 atom stereocenters. The Morgan fingerprint density at radius 2 is 0.979 bits per heavy atom. The van der Waals surface area contributed by atoms with Crippen LogP contribution >= 0.6 is 0 Å². The van der Waals surface area contributed by atoms with Gasteiger partial charge < -0.3 is 98.6 Å². The predicted octanol–water partition coefficient (Wildman–Crippen LogP) is -9.55. The molecule has 24 heteroatoms. The molecule has 21 N–H and O–H groups in total. The monoisotopic (exact) mass is 712 g/mol. The highest BCUT2D eigenvalue weighted by Crippen LogP contribution is 2.34. The number of hydrogen-bond donors (Lipinski definition) is 15. The average Bonchev–Trinajstić information content (AvgIpc) is 3.30. The summed E-state index contributed by atoms with van der Waals surface area (Å²) in [5, 5.41) is 73.0. The van der Waals surface area contributed by atoms with Crippen LogP contribution in [0.4, 0.5) is 0 Å². The van der Waals surface area contributed by atoms with E-state index in [1.54, 1.807) is 0 Å². The fourth-order valence-electron chi connectivity index (χ4n) is 5.74. The maximum absolute atomic E-state index is 11.1. The van der Waals surface area contributed by atoms with Crippen molar-refractivity contribution in [3.05, 3.63) is 0 Å². The SMILES string of the molecule is NC[C@@H]1O[C@H](O[C@H]2[C@@H](O)[C@H](O[C@@H]3[C@@H](O)[C@H](N)C[C@H](N)[C@H]3O[C@H]3O[C@H](CN)[C@@H](O)[C@H](O)[C@H]3N)O[C@@H]2CO)[C@H](N)[C@@H](O)[C@@H]1O.O=S(=O)(O)O. The molecule has 0 radical (unpaired) electrons. The third-order valence-electron chi connectivity index (χ3n) is 8.37. The van der Waals surface area contributed by atoms with Gasteiger partial charge in [0.05, 0.1) is 24.8 Å². The summed E-state index contributed by atoms with van der Waals surface area (Å²) in [6, 6.07) is -4.18. The first-order valence-electron chi connectivity index (χ1n) is 14.6. The molecular formula is C23H48N6O17S. The van der Waals surface area contributed by atoms with Crippen LogP contribution in [0.5, 0.6) is 0 Å². The summed E-state index contributed by atoms with van der Waals surface area (Å²) in [6.07, 6.45) is -19.8. The molecule has 278 valence electrons. The molecule has 0 spiro atoms. The van der Waals surface area contributed by atoms with E-state index in [0.29, 0.717) is 0 Å². The summed E-state index contributed by atoms with van der Waals surface area (Å²) < 4.78 is 66.2. The van der Waals surface area contributed by atoms with Crippen molar-refractivity contribution in [3.8, 4) is 0 Å². The van der Waals surface area contributed by atoms with Gasteiger partial charge in [0.25, 0.3) is 0 Å². The molecule has 0 aromatic carbocycles. The topological polar surface area (TPSA) is 428 Å². The molecule has 4 fully saturated rings. The van der Waals surface area contributed by atoms with E-state index in [4.69, 9.17) is 80.3 Å². The Bertz CT molecular complexity index is 1080. The van der Waals surface area contributed by atoms with Gasteiger partial charge in [0.2, 0.25) is 0 Å². The zero-order valence-electron chi connectivity index (χ0n) is 25.0. The van der Waals surface area contributed by atoms with E-state index in [1.807, 2.05) is 0 Å². The number of aliphatic hydroxyl groups is 7. The minimum atomic E-state index is -4.67. The van der Waals surface area contributed by atoms with Crippen LogP contribution in [0.2, 0.25) is 0 Å². The second-order valence-electron chi connectivity index (χ2n) is 11.7. The average molecular weight is 713 g/mol. The zero-order valence-corrected chi connectivity index (χ0v) is 25.8. The largest absolute Gasteiger partial charge is 0.394 e. The van der Waals surface area contributed by atoms with Gasteiger partial charge in [-0.05, 0) is 6.42 Å². The van der Waals surface area contributed by atoms with Crippen molar-refractivity contribution in [1.82, 2.24) is 0 Å². The van der Waals surface area contributed by atoms with Crippen molar-refractivity contribution in [2.24, 2.45) is 34.4 Å². The lowest BCUT2D eigenvalue weighted by atomic mass is 9.84. The predicted molar refractivity (Wildman–Crippen MR) is 153 cm³/mol. The second-order valence-corrected chi connectivity index (χ2v) is 12.6. The van der Waals surface area contributed by atoms with Crippen LogP contribution in [0.1, 0.15) is 6.42 Å². The van der Waals surface area contributed by atoms with Crippen LogP contribution in [0.25, 0.3) is 0 Å². The van der Waals surface area contributed by atoms with Crippen molar-refractivity contribution in [2.45, 2.75) is 123 Å². The zero-order chi connectivity index (χ0) is 35.5. The molecule has 4 rings (SSSR count). The molecule has 1 saturated carbocycles. The highest BCUT2D eigenvalue weighted by atomic mass is 32.3. The Labute approximate surface area is 269 Å². The van der Waals surface area contributed by atoms with E-state index < -0.39 is 133 Å². The van der Waals surface area contributed by atoms with Gasteiger partial charge in [-0.3, -0.25) is 9.11 Å². The molecule has 3 saturated heterocycles. The lowest BCUT2D eigenvalue weighted by molar-refractivity contribution is -0.306. The first-order valence-corrected chi connectivity index (χ1v) is 16.0. The Hall–Kier alpha value is -0.890. The van der Waals surface area contributed by atoms with E-state index in [0.717, 1.165) is 0 Å². The maximum Gasteiger partial charge on any atom is 0.394 e. The summed E-state index contributed by atoms with van der Waals surface area (Å²) >= 11 is 0. The number of ether oxygens (including phenoxy) is 6. The Morgan fingerprint density at radius 1 is 0.574 bits per heavy atom. The highest BCUT2D eigenvalue weighted by molar-refractivity contribution is 7.79. The number of nitrogens with two attached hydrogens (primary N) is 6. The minimum absolute atomic E-state index is 0.0889. The standard InChI is InChI=1S/C23H46N6O13.H2O4S/c24-2-7-13(32)15(34)10(28)21(37-7)40-18-6(27)1-5(26)12(31)20(18)42-23-17(36)19(9(4-30)39-23)41-22-11(29)16(35)14(33)8(3-25)38-22;1-5(2,3)4/h5-23,30-36H,1-4,24-29H2;(H2,1,2,3,4)/t5-,6+,7-,8+,9-,10-,11-,12+,13-,14-,15-,16-,17-,18-,19-,20-,21-,22-,23+;/m1./s1. The molecule has 3 aliphatic heterocycles. The molecule has 47 heavy (non-hydrogen) atoms. The van der Waals surface area contributed by atoms with E-state index in [1.165, 1.54) is 0 Å². The lowest BCUT2D eigenvalue weighted by Gasteiger charge is -2.47. The Kier molecular flexibility index (Phi) is 14.6. The summed E-state index contributed by atoms with van der Waals surface area (Å²) in [4.78, 5) is 0. The van der Waals surface area contributed by atoms with E-state index in [2.05, 4.69) is 0 Å². The van der Waals surface area contributed by atoms with Crippen molar-refractivity contribution >= 4 is 10.4 Å². The van der Waals surface area contributed by atoms with Crippen LogP contribution in [-0.2, 0) is 38.8 Å². The van der Waals surface area contributed by atoms with Gasteiger partial charge in [-0.2, -0.15) is 8.42 Å². The first kappa shape index (κ1) is 40.5. The smallest absolute Gasteiger partial charge is 0.394 e.